The average Bonchev–Trinajstić information content (AvgIpc) is 2.62. The Labute approximate surface area is 149 Å². The van der Waals surface area contributed by atoms with E-state index >= 15 is 0 Å². The molecular formula is C17H14N4O4S. The van der Waals surface area contributed by atoms with Gasteiger partial charge in [0.1, 0.15) is 17.3 Å². The summed E-state index contributed by atoms with van der Waals surface area (Å²) in [7, 11) is -3.80. The first-order valence-corrected chi connectivity index (χ1v) is 8.94. The number of hydrogen-bond acceptors (Lipinski definition) is 7. The molecule has 4 N–H and O–H groups in total. The van der Waals surface area contributed by atoms with E-state index in [0.29, 0.717) is 17.1 Å². The SMILES string of the molecule is NS(=O)(=O)c1cccc(Nc2cc(-c3ccc(O)c(N=O)c3)ccn2)c1. The van der Waals surface area contributed by atoms with Crippen LogP contribution in [0.3, 0.4) is 0 Å². The number of pyridine rings is 1. The van der Waals surface area contributed by atoms with Crippen LogP contribution in [0.25, 0.3) is 11.1 Å². The number of nitrogens with zero attached hydrogens (tertiary/aromatic N) is 2. The molecule has 8 nitrogen and oxygen atoms in total. The van der Waals surface area contributed by atoms with Crippen molar-refractivity contribution < 1.29 is 13.5 Å². The van der Waals surface area contributed by atoms with Crippen LogP contribution in [0.2, 0.25) is 0 Å². The number of primary sulfonamides is 1. The van der Waals surface area contributed by atoms with Gasteiger partial charge in [-0.3, -0.25) is 0 Å². The summed E-state index contributed by atoms with van der Waals surface area (Å²) in [4.78, 5) is 14.9. The van der Waals surface area contributed by atoms with Crippen molar-refractivity contribution in [2.24, 2.45) is 10.3 Å². The normalized spacial score (nSPS) is 11.1. The largest absolute Gasteiger partial charge is 0.506 e. The second-order valence-corrected chi connectivity index (χ2v) is 6.98. The molecule has 1 aromatic heterocycles. The topological polar surface area (TPSA) is 135 Å². The zero-order chi connectivity index (χ0) is 18.7. The van der Waals surface area contributed by atoms with Crippen molar-refractivity contribution in [3.63, 3.8) is 0 Å². The number of phenolic OH excluding ortho intramolecular Hbond substituents is 1. The molecule has 0 unspecified atom stereocenters. The fourth-order valence-electron chi connectivity index (χ4n) is 2.35. The average molecular weight is 370 g/mol. The highest BCUT2D eigenvalue weighted by Crippen LogP contribution is 2.32. The third-order valence-electron chi connectivity index (χ3n) is 3.60. The molecule has 0 bridgehead atoms. The Morgan fingerprint density at radius 2 is 1.81 bits per heavy atom. The van der Waals surface area contributed by atoms with Crippen molar-refractivity contribution in [2.45, 2.75) is 4.90 Å². The molecule has 2 aromatic carbocycles. The predicted molar refractivity (Wildman–Crippen MR) is 97.9 cm³/mol. The van der Waals surface area contributed by atoms with Crippen molar-refractivity contribution in [3.05, 3.63) is 65.7 Å². The molecule has 0 saturated carbocycles. The predicted octanol–water partition coefficient (Wildman–Crippen LogP) is 3.24. The van der Waals surface area contributed by atoms with E-state index in [1.807, 2.05) is 0 Å². The number of phenols is 1. The van der Waals surface area contributed by atoms with Gasteiger partial charge in [-0.2, -0.15) is 0 Å². The summed E-state index contributed by atoms with van der Waals surface area (Å²) in [6.45, 7) is 0. The van der Waals surface area contributed by atoms with Crippen molar-refractivity contribution >= 4 is 27.2 Å². The first-order valence-electron chi connectivity index (χ1n) is 7.39. The molecule has 0 aliphatic heterocycles. The molecule has 9 heteroatoms. The third kappa shape index (κ3) is 3.85. The van der Waals surface area contributed by atoms with Crippen LogP contribution < -0.4 is 10.5 Å². The summed E-state index contributed by atoms with van der Waals surface area (Å²) in [5.74, 6) is 0.263. The van der Waals surface area contributed by atoms with Gasteiger partial charge in [0.05, 0.1) is 4.90 Å². The maximum Gasteiger partial charge on any atom is 0.238 e. The van der Waals surface area contributed by atoms with E-state index in [-0.39, 0.29) is 16.3 Å². The van der Waals surface area contributed by atoms with E-state index in [0.717, 1.165) is 5.56 Å². The van der Waals surface area contributed by atoms with Gasteiger partial charge in [0.15, 0.2) is 0 Å². The van der Waals surface area contributed by atoms with Gasteiger partial charge in [-0.15, -0.1) is 4.91 Å². The lowest BCUT2D eigenvalue weighted by Crippen LogP contribution is -2.12. The maximum atomic E-state index is 11.4. The van der Waals surface area contributed by atoms with E-state index < -0.39 is 10.0 Å². The molecule has 0 aliphatic carbocycles. The minimum atomic E-state index is -3.80. The molecule has 0 amide bonds. The van der Waals surface area contributed by atoms with Gasteiger partial charge in [0, 0.05) is 11.9 Å². The van der Waals surface area contributed by atoms with Gasteiger partial charge in [-0.05, 0) is 58.8 Å². The third-order valence-corrected chi connectivity index (χ3v) is 4.51. The molecule has 0 aliphatic rings. The Morgan fingerprint density at radius 1 is 1.04 bits per heavy atom. The number of nitroso groups, excluding NO2 is 1. The zero-order valence-corrected chi connectivity index (χ0v) is 14.1. The van der Waals surface area contributed by atoms with E-state index in [1.54, 1.807) is 36.5 Å². The smallest absolute Gasteiger partial charge is 0.238 e. The number of hydrogen-bond donors (Lipinski definition) is 3. The number of aromatic nitrogens is 1. The molecule has 132 valence electrons. The number of sulfonamides is 1. The van der Waals surface area contributed by atoms with Crippen LogP contribution in [0.1, 0.15) is 0 Å². The maximum absolute atomic E-state index is 11.4. The highest BCUT2D eigenvalue weighted by Gasteiger charge is 2.09. The summed E-state index contributed by atoms with van der Waals surface area (Å²) in [5.41, 5.74) is 1.84. The lowest BCUT2D eigenvalue weighted by atomic mass is 10.1. The summed E-state index contributed by atoms with van der Waals surface area (Å²) >= 11 is 0. The Balaban J connectivity index is 1.92. The summed E-state index contributed by atoms with van der Waals surface area (Å²) in [5, 5.41) is 20.5. The molecule has 3 rings (SSSR count). The highest BCUT2D eigenvalue weighted by molar-refractivity contribution is 7.89. The van der Waals surface area contributed by atoms with Crippen molar-refractivity contribution in [2.75, 3.05) is 5.32 Å². The number of anilines is 2. The Kier molecular flexibility index (Phi) is 4.65. The molecule has 26 heavy (non-hydrogen) atoms. The minimum Gasteiger partial charge on any atom is -0.506 e. The first kappa shape index (κ1) is 17.5. The Morgan fingerprint density at radius 3 is 2.54 bits per heavy atom. The number of nitrogens with two attached hydrogens (primary N) is 1. The minimum absolute atomic E-state index is 0.0149. The summed E-state index contributed by atoms with van der Waals surface area (Å²) < 4.78 is 22.9. The van der Waals surface area contributed by atoms with Crippen LogP contribution in [0, 0.1) is 4.91 Å². The van der Waals surface area contributed by atoms with Crippen LogP contribution in [0.4, 0.5) is 17.2 Å². The summed E-state index contributed by atoms with van der Waals surface area (Å²) in [6.07, 6.45) is 1.56. The molecule has 0 saturated heterocycles. The van der Waals surface area contributed by atoms with E-state index in [4.69, 9.17) is 5.14 Å². The second kappa shape index (κ2) is 6.90. The molecule has 0 spiro atoms. The van der Waals surface area contributed by atoms with Gasteiger partial charge in [-0.1, -0.05) is 12.1 Å². The number of benzene rings is 2. The van der Waals surface area contributed by atoms with Gasteiger partial charge >= 0.3 is 0 Å². The van der Waals surface area contributed by atoms with E-state index in [9.17, 15) is 18.4 Å². The fourth-order valence-corrected chi connectivity index (χ4v) is 2.91. The fraction of sp³-hybridized carbons (Fsp3) is 0. The van der Waals surface area contributed by atoms with Gasteiger partial charge < -0.3 is 10.4 Å². The van der Waals surface area contributed by atoms with Crippen LogP contribution in [0.15, 0.2) is 70.9 Å². The van der Waals surface area contributed by atoms with Crippen LogP contribution in [-0.4, -0.2) is 18.5 Å². The first-order chi connectivity index (χ1) is 12.4. The quantitative estimate of drug-likeness (QED) is 0.590. The standard InChI is InChI=1S/C17H14N4O4S/c18-26(24,25)14-3-1-2-13(10-14)20-17-9-12(6-7-19-17)11-4-5-16(22)15(8-11)21-23/h1-10,22H,(H,19,20)(H2,18,24,25). The van der Waals surface area contributed by atoms with Gasteiger partial charge in [0.25, 0.3) is 0 Å². The molecule has 0 atom stereocenters. The molecular weight excluding hydrogens is 356 g/mol. The lowest BCUT2D eigenvalue weighted by molar-refractivity contribution is 0.477. The van der Waals surface area contributed by atoms with E-state index in [2.05, 4.69) is 15.5 Å². The summed E-state index contributed by atoms with van der Waals surface area (Å²) in [6, 6.07) is 14.0. The van der Waals surface area contributed by atoms with Crippen molar-refractivity contribution in [3.8, 4) is 16.9 Å². The monoisotopic (exact) mass is 370 g/mol. The van der Waals surface area contributed by atoms with Crippen LogP contribution in [0.5, 0.6) is 5.75 Å². The number of rotatable bonds is 5. The number of nitrogens with one attached hydrogen (secondary N) is 1. The second-order valence-electron chi connectivity index (χ2n) is 5.42. The molecule has 0 fully saturated rings. The lowest BCUT2D eigenvalue weighted by Gasteiger charge is -2.09. The zero-order valence-electron chi connectivity index (χ0n) is 13.3. The molecule has 0 radical (unpaired) electrons. The van der Waals surface area contributed by atoms with Gasteiger partial charge in [-0.25, -0.2) is 18.5 Å². The highest BCUT2D eigenvalue weighted by atomic mass is 32.2. The van der Waals surface area contributed by atoms with Crippen molar-refractivity contribution in [1.29, 1.82) is 0 Å². The van der Waals surface area contributed by atoms with Crippen LogP contribution in [-0.2, 0) is 10.0 Å². The Hall–Kier alpha value is -3.30. The molecule has 1 heterocycles. The van der Waals surface area contributed by atoms with E-state index in [1.165, 1.54) is 24.3 Å². The number of aromatic hydroxyl groups is 1. The molecule has 3 aromatic rings. The van der Waals surface area contributed by atoms with Gasteiger partial charge in [0.2, 0.25) is 10.0 Å². The van der Waals surface area contributed by atoms with Crippen molar-refractivity contribution in [1.82, 2.24) is 4.98 Å². The Bertz CT molecular complexity index is 1080. The van der Waals surface area contributed by atoms with Crippen LogP contribution >= 0.6 is 0 Å².